The number of hydrogen-bond donors (Lipinski definition) is 0. The number of aryl methyl sites for hydroxylation is 3. The lowest BCUT2D eigenvalue weighted by Crippen LogP contribution is -1.85. The van der Waals surface area contributed by atoms with E-state index in [-0.39, 0.29) is 5.82 Å². The predicted octanol–water partition coefficient (Wildman–Crippen LogP) is 4.56. The lowest BCUT2D eigenvalue weighted by Gasteiger charge is -1.99. The summed E-state index contributed by atoms with van der Waals surface area (Å²) in [6, 6.07) is 8.91. The molecule has 0 atom stereocenters. The molecule has 0 aliphatic carbocycles. The third-order valence-electron chi connectivity index (χ3n) is 3.17. The Labute approximate surface area is 110 Å². The molecule has 3 rings (SSSR count). The van der Waals surface area contributed by atoms with Gasteiger partial charge in [0.1, 0.15) is 11.3 Å². The van der Waals surface area contributed by atoms with Gasteiger partial charge >= 0.3 is 0 Å². The van der Waals surface area contributed by atoms with Gasteiger partial charge < -0.3 is 4.42 Å². The minimum Gasteiger partial charge on any atom is -0.436 e. The zero-order valence-electron chi connectivity index (χ0n) is 11.1. The molecule has 0 bridgehead atoms. The van der Waals surface area contributed by atoms with Crippen LogP contribution in [0.25, 0.3) is 22.6 Å². The highest BCUT2D eigenvalue weighted by atomic mass is 19.1. The molecule has 0 aliphatic rings. The minimum absolute atomic E-state index is 0.313. The second-order valence-electron chi connectivity index (χ2n) is 4.93. The lowest BCUT2D eigenvalue weighted by atomic mass is 10.1. The highest BCUT2D eigenvalue weighted by Crippen LogP contribution is 2.29. The first-order valence-electron chi connectivity index (χ1n) is 6.19. The molecule has 0 fully saturated rings. The molecule has 0 unspecified atom stereocenters. The summed E-state index contributed by atoms with van der Waals surface area (Å²) >= 11 is 0. The fraction of sp³-hybridized carbons (Fsp3) is 0.188. The molecule has 0 N–H and O–H groups in total. The summed E-state index contributed by atoms with van der Waals surface area (Å²) < 4.78 is 19.6. The van der Waals surface area contributed by atoms with Crippen molar-refractivity contribution in [3.8, 4) is 11.5 Å². The Kier molecular flexibility index (Phi) is 2.63. The third-order valence-corrected chi connectivity index (χ3v) is 3.17. The molecule has 2 nitrogen and oxygen atoms in total. The van der Waals surface area contributed by atoms with Gasteiger partial charge in [0.05, 0.1) is 5.56 Å². The van der Waals surface area contributed by atoms with Gasteiger partial charge in [-0.1, -0.05) is 17.7 Å². The normalized spacial score (nSPS) is 11.2. The van der Waals surface area contributed by atoms with Gasteiger partial charge in [0.25, 0.3) is 0 Å². The first kappa shape index (κ1) is 11.9. The van der Waals surface area contributed by atoms with Gasteiger partial charge in [-0.2, -0.15) is 0 Å². The maximum atomic E-state index is 13.9. The number of oxazole rings is 1. The number of halogens is 1. The van der Waals surface area contributed by atoms with Gasteiger partial charge in [0.2, 0.25) is 5.89 Å². The third kappa shape index (κ3) is 2.01. The second-order valence-corrected chi connectivity index (χ2v) is 4.93. The van der Waals surface area contributed by atoms with Crippen LogP contribution in [0.2, 0.25) is 0 Å². The van der Waals surface area contributed by atoms with Crippen LogP contribution in [0.4, 0.5) is 4.39 Å². The molecule has 2 aromatic carbocycles. The number of fused-ring (bicyclic) bond motifs is 1. The summed E-state index contributed by atoms with van der Waals surface area (Å²) in [5.74, 6) is 0.0245. The number of hydrogen-bond acceptors (Lipinski definition) is 2. The van der Waals surface area contributed by atoms with Crippen molar-refractivity contribution in [1.82, 2.24) is 4.98 Å². The minimum atomic E-state index is -0.313. The van der Waals surface area contributed by atoms with Gasteiger partial charge in [-0.3, -0.25) is 0 Å². The number of rotatable bonds is 1. The van der Waals surface area contributed by atoms with E-state index < -0.39 is 0 Å². The standard InChI is InChI=1S/C16H14FNO/c1-9-4-5-13(17)12(7-9)16-18-14-8-10(2)6-11(3)15(14)19-16/h4-8H,1-3H3. The molecular weight excluding hydrogens is 241 g/mol. The van der Waals surface area contributed by atoms with E-state index in [4.69, 9.17) is 4.42 Å². The Morgan fingerprint density at radius 2 is 1.79 bits per heavy atom. The van der Waals surface area contributed by atoms with Crippen LogP contribution in [0.3, 0.4) is 0 Å². The van der Waals surface area contributed by atoms with E-state index in [1.165, 1.54) is 6.07 Å². The molecule has 0 spiro atoms. The summed E-state index contributed by atoms with van der Waals surface area (Å²) in [5, 5.41) is 0. The summed E-state index contributed by atoms with van der Waals surface area (Å²) in [7, 11) is 0. The maximum absolute atomic E-state index is 13.9. The number of benzene rings is 2. The average Bonchev–Trinajstić information content (AvgIpc) is 2.76. The molecule has 0 aliphatic heterocycles. The van der Waals surface area contributed by atoms with Crippen molar-refractivity contribution < 1.29 is 8.81 Å². The van der Waals surface area contributed by atoms with E-state index in [0.29, 0.717) is 11.5 Å². The van der Waals surface area contributed by atoms with Crippen molar-refractivity contribution in [2.75, 3.05) is 0 Å². The topological polar surface area (TPSA) is 26.0 Å². The fourth-order valence-corrected chi connectivity index (χ4v) is 2.29. The number of aromatic nitrogens is 1. The van der Waals surface area contributed by atoms with Crippen LogP contribution in [0.15, 0.2) is 34.7 Å². The van der Waals surface area contributed by atoms with E-state index in [9.17, 15) is 4.39 Å². The highest BCUT2D eigenvalue weighted by Gasteiger charge is 2.14. The van der Waals surface area contributed by atoms with Gasteiger partial charge in [-0.05, 0) is 50.1 Å². The molecule has 96 valence electrons. The highest BCUT2D eigenvalue weighted by molar-refractivity contribution is 5.80. The van der Waals surface area contributed by atoms with Crippen LogP contribution in [0.1, 0.15) is 16.7 Å². The van der Waals surface area contributed by atoms with Crippen LogP contribution >= 0.6 is 0 Å². The summed E-state index contributed by atoms with van der Waals surface area (Å²) in [6.07, 6.45) is 0. The number of nitrogens with zero attached hydrogens (tertiary/aromatic N) is 1. The van der Waals surface area contributed by atoms with E-state index in [0.717, 1.165) is 27.8 Å². The first-order valence-corrected chi connectivity index (χ1v) is 6.19. The van der Waals surface area contributed by atoms with Crippen LogP contribution < -0.4 is 0 Å². The molecule has 1 aromatic heterocycles. The van der Waals surface area contributed by atoms with E-state index in [1.54, 1.807) is 12.1 Å². The summed E-state index contributed by atoms with van der Waals surface area (Å²) in [5.41, 5.74) is 5.02. The van der Waals surface area contributed by atoms with Crippen LogP contribution in [-0.4, -0.2) is 4.98 Å². The quantitative estimate of drug-likeness (QED) is 0.637. The summed E-state index contributed by atoms with van der Waals surface area (Å²) in [4.78, 5) is 4.40. The lowest BCUT2D eigenvalue weighted by molar-refractivity contribution is 0.592. The molecule has 3 aromatic rings. The van der Waals surface area contributed by atoms with Crippen molar-refractivity contribution in [2.45, 2.75) is 20.8 Å². The van der Waals surface area contributed by atoms with Gasteiger partial charge in [0, 0.05) is 0 Å². The SMILES string of the molecule is Cc1ccc(F)c(-c2nc3cc(C)cc(C)c3o2)c1. The molecular formula is C16H14FNO. The van der Waals surface area contributed by atoms with Crippen molar-refractivity contribution >= 4 is 11.1 Å². The summed E-state index contributed by atoms with van der Waals surface area (Å²) in [6.45, 7) is 5.89. The zero-order chi connectivity index (χ0) is 13.6. The van der Waals surface area contributed by atoms with Crippen LogP contribution in [-0.2, 0) is 0 Å². The zero-order valence-corrected chi connectivity index (χ0v) is 11.1. The molecule has 3 heteroatoms. The molecule has 1 heterocycles. The van der Waals surface area contributed by atoms with E-state index >= 15 is 0 Å². The van der Waals surface area contributed by atoms with Crippen molar-refractivity contribution in [3.05, 3.63) is 52.8 Å². The molecule has 19 heavy (non-hydrogen) atoms. The van der Waals surface area contributed by atoms with Crippen molar-refractivity contribution in [3.63, 3.8) is 0 Å². The molecule has 0 saturated heterocycles. The van der Waals surface area contributed by atoms with Gasteiger partial charge in [-0.15, -0.1) is 0 Å². The average molecular weight is 255 g/mol. The van der Waals surface area contributed by atoms with E-state index in [2.05, 4.69) is 4.98 Å². The van der Waals surface area contributed by atoms with Crippen molar-refractivity contribution in [1.29, 1.82) is 0 Å². The van der Waals surface area contributed by atoms with Crippen LogP contribution in [0, 0.1) is 26.6 Å². The largest absolute Gasteiger partial charge is 0.436 e. The Hall–Kier alpha value is -2.16. The second kappa shape index (κ2) is 4.19. The first-order chi connectivity index (χ1) is 9.04. The monoisotopic (exact) mass is 255 g/mol. The fourth-order valence-electron chi connectivity index (χ4n) is 2.29. The Bertz CT molecular complexity index is 774. The smallest absolute Gasteiger partial charge is 0.230 e. The molecule has 0 radical (unpaired) electrons. The van der Waals surface area contributed by atoms with Gasteiger partial charge in [-0.25, -0.2) is 9.37 Å². The Morgan fingerprint density at radius 1 is 1.00 bits per heavy atom. The Morgan fingerprint density at radius 3 is 2.58 bits per heavy atom. The molecule has 0 saturated carbocycles. The van der Waals surface area contributed by atoms with Crippen LogP contribution in [0.5, 0.6) is 0 Å². The van der Waals surface area contributed by atoms with Crippen molar-refractivity contribution in [2.24, 2.45) is 0 Å². The molecule has 0 amide bonds. The van der Waals surface area contributed by atoms with E-state index in [1.807, 2.05) is 32.9 Å². The van der Waals surface area contributed by atoms with Gasteiger partial charge in [0.15, 0.2) is 5.58 Å². The maximum Gasteiger partial charge on any atom is 0.230 e. The predicted molar refractivity (Wildman–Crippen MR) is 73.6 cm³/mol. The Balaban J connectivity index is 2.26.